The van der Waals surface area contributed by atoms with Gasteiger partial charge in [0, 0.05) is 12.6 Å². The predicted molar refractivity (Wildman–Crippen MR) is 83.9 cm³/mol. The predicted octanol–water partition coefficient (Wildman–Crippen LogP) is 1.51. The Labute approximate surface area is 140 Å². The summed E-state index contributed by atoms with van der Waals surface area (Å²) >= 11 is 0. The lowest BCUT2D eigenvalue weighted by Gasteiger charge is -2.08. The topological polar surface area (TPSA) is 117 Å². The smallest absolute Gasteiger partial charge is 0.354 e. The quantitative estimate of drug-likeness (QED) is 0.660. The number of aryl methyl sites for hydroxylation is 1. The van der Waals surface area contributed by atoms with E-state index in [0.717, 1.165) is 16.8 Å². The van der Waals surface area contributed by atoms with Crippen LogP contribution in [0.5, 0.6) is 5.75 Å². The maximum atomic E-state index is 13.3. The lowest BCUT2D eigenvalue weighted by Crippen LogP contribution is -2.26. The minimum absolute atomic E-state index is 0.0958. The largest absolute Gasteiger partial charge is 0.503 e. The molecule has 0 bridgehead atoms. The number of amides is 1. The highest BCUT2D eigenvalue weighted by molar-refractivity contribution is 5.96. The molecular formula is C16H13FN4O4. The van der Waals surface area contributed by atoms with Crippen LogP contribution in [0, 0.1) is 12.7 Å². The summed E-state index contributed by atoms with van der Waals surface area (Å²) in [6, 6.07) is 5.50. The summed E-state index contributed by atoms with van der Waals surface area (Å²) in [5, 5.41) is 25.2. The fourth-order valence-corrected chi connectivity index (χ4v) is 2.31. The van der Waals surface area contributed by atoms with Gasteiger partial charge in [-0.25, -0.2) is 18.7 Å². The molecule has 3 rings (SSSR count). The van der Waals surface area contributed by atoms with Crippen molar-refractivity contribution >= 4 is 17.5 Å². The summed E-state index contributed by atoms with van der Waals surface area (Å²) in [7, 11) is 0. The Morgan fingerprint density at radius 3 is 2.76 bits per heavy atom. The molecule has 3 N–H and O–H groups in total. The van der Waals surface area contributed by atoms with E-state index >= 15 is 0 Å². The van der Waals surface area contributed by atoms with Crippen molar-refractivity contribution < 1.29 is 24.2 Å². The van der Waals surface area contributed by atoms with Gasteiger partial charge in [-0.05, 0) is 24.1 Å². The highest BCUT2D eigenvalue weighted by atomic mass is 19.1. The van der Waals surface area contributed by atoms with Gasteiger partial charge in [0.2, 0.25) is 0 Å². The molecule has 9 heteroatoms. The van der Waals surface area contributed by atoms with Crippen molar-refractivity contribution in [2.45, 2.75) is 13.5 Å². The van der Waals surface area contributed by atoms with Crippen molar-refractivity contribution in [3.8, 4) is 5.75 Å². The number of aromatic carboxylic acids is 1. The van der Waals surface area contributed by atoms with Crippen LogP contribution in [-0.2, 0) is 6.54 Å². The molecule has 3 aromatic rings. The first kappa shape index (κ1) is 16.4. The van der Waals surface area contributed by atoms with Crippen LogP contribution in [0.2, 0.25) is 0 Å². The number of fused-ring (bicyclic) bond motifs is 1. The molecule has 0 aliphatic carbocycles. The number of hydrogen-bond acceptors (Lipinski definition) is 5. The lowest BCUT2D eigenvalue weighted by molar-refractivity contribution is 0.0690. The van der Waals surface area contributed by atoms with Gasteiger partial charge in [-0.2, -0.15) is 5.10 Å². The Morgan fingerprint density at radius 1 is 1.32 bits per heavy atom. The first-order valence-corrected chi connectivity index (χ1v) is 7.21. The van der Waals surface area contributed by atoms with E-state index in [1.165, 1.54) is 12.1 Å². The number of carbonyl (C=O) groups excluding carboxylic acids is 1. The van der Waals surface area contributed by atoms with E-state index < -0.39 is 17.6 Å². The lowest BCUT2D eigenvalue weighted by atomic mass is 10.1. The zero-order chi connectivity index (χ0) is 18.1. The van der Waals surface area contributed by atoms with Crippen molar-refractivity contribution in [1.29, 1.82) is 0 Å². The summed E-state index contributed by atoms with van der Waals surface area (Å²) in [5.74, 6) is -2.64. The molecule has 0 aliphatic rings. The van der Waals surface area contributed by atoms with Crippen LogP contribution < -0.4 is 5.32 Å². The van der Waals surface area contributed by atoms with Gasteiger partial charge < -0.3 is 15.5 Å². The second-order valence-corrected chi connectivity index (χ2v) is 5.36. The molecular weight excluding hydrogens is 331 g/mol. The fraction of sp³-hybridized carbons (Fsp3) is 0.125. The highest BCUT2D eigenvalue weighted by Gasteiger charge is 2.19. The molecule has 0 saturated heterocycles. The third-order valence-corrected chi connectivity index (χ3v) is 3.58. The van der Waals surface area contributed by atoms with Crippen molar-refractivity contribution in [1.82, 2.24) is 19.9 Å². The number of aromatic nitrogens is 3. The van der Waals surface area contributed by atoms with Crippen LogP contribution in [-0.4, -0.2) is 36.7 Å². The van der Waals surface area contributed by atoms with E-state index in [1.54, 1.807) is 13.0 Å². The Balaban J connectivity index is 1.91. The van der Waals surface area contributed by atoms with Crippen molar-refractivity contribution in [3.63, 3.8) is 0 Å². The molecule has 0 atom stereocenters. The second kappa shape index (κ2) is 6.19. The van der Waals surface area contributed by atoms with E-state index in [1.807, 2.05) is 0 Å². The van der Waals surface area contributed by atoms with Gasteiger partial charge in [0.05, 0.1) is 6.20 Å². The third kappa shape index (κ3) is 3.11. The number of carboxylic acids is 1. The average Bonchev–Trinajstić information content (AvgIpc) is 2.96. The number of aromatic hydroxyl groups is 1. The van der Waals surface area contributed by atoms with Gasteiger partial charge in [-0.1, -0.05) is 12.1 Å². The van der Waals surface area contributed by atoms with E-state index in [-0.39, 0.29) is 29.5 Å². The zero-order valence-electron chi connectivity index (χ0n) is 13.0. The summed E-state index contributed by atoms with van der Waals surface area (Å²) in [4.78, 5) is 27.3. The molecule has 0 saturated carbocycles. The van der Waals surface area contributed by atoms with Gasteiger partial charge in [-0.3, -0.25) is 4.79 Å². The van der Waals surface area contributed by atoms with Crippen LogP contribution in [0.25, 0.3) is 5.65 Å². The number of halogens is 1. The van der Waals surface area contributed by atoms with Crippen molar-refractivity contribution in [3.05, 3.63) is 58.8 Å². The first-order chi connectivity index (χ1) is 11.9. The number of carboxylic acid groups (broad SMARTS) is 1. The number of hydrogen-bond donors (Lipinski definition) is 3. The van der Waals surface area contributed by atoms with Crippen LogP contribution in [0.4, 0.5) is 4.39 Å². The summed E-state index contributed by atoms with van der Waals surface area (Å²) < 4.78 is 14.3. The van der Waals surface area contributed by atoms with E-state index in [2.05, 4.69) is 15.4 Å². The van der Waals surface area contributed by atoms with Crippen LogP contribution >= 0.6 is 0 Å². The molecule has 25 heavy (non-hydrogen) atoms. The number of nitrogens with zero attached hydrogens (tertiary/aromatic N) is 3. The van der Waals surface area contributed by atoms with Gasteiger partial charge in [0.1, 0.15) is 11.5 Å². The molecule has 8 nitrogen and oxygen atoms in total. The normalized spacial score (nSPS) is 10.8. The molecule has 0 fully saturated rings. The minimum atomic E-state index is -1.34. The average molecular weight is 344 g/mol. The summed E-state index contributed by atoms with van der Waals surface area (Å²) in [5.41, 5.74) is 0.498. The molecule has 0 aliphatic heterocycles. The van der Waals surface area contributed by atoms with Crippen LogP contribution in [0.15, 0.2) is 30.5 Å². The number of rotatable bonds is 4. The molecule has 1 amide bonds. The third-order valence-electron chi connectivity index (χ3n) is 3.58. The molecule has 0 spiro atoms. The molecule has 0 radical (unpaired) electrons. The fourth-order valence-electron chi connectivity index (χ4n) is 2.31. The molecule has 128 valence electrons. The SMILES string of the molecule is Cc1cc(CNC(=O)c2cc(C(=O)O)nc3c(O)cnn23)ccc1F. The van der Waals surface area contributed by atoms with E-state index in [4.69, 9.17) is 5.11 Å². The summed E-state index contributed by atoms with van der Waals surface area (Å²) in [6.07, 6.45) is 1.06. The maximum Gasteiger partial charge on any atom is 0.354 e. The Hall–Kier alpha value is -3.49. The number of benzene rings is 1. The van der Waals surface area contributed by atoms with Crippen LogP contribution in [0.1, 0.15) is 32.1 Å². The van der Waals surface area contributed by atoms with Crippen molar-refractivity contribution in [2.24, 2.45) is 0 Å². The molecule has 2 heterocycles. The highest BCUT2D eigenvalue weighted by Crippen LogP contribution is 2.18. The second-order valence-electron chi connectivity index (χ2n) is 5.36. The number of nitrogens with one attached hydrogen (secondary N) is 1. The van der Waals surface area contributed by atoms with E-state index in [0.29, 0.717) is 11.1 Å². The van der Waals surface area contributed by atoms with Gasteiger partial charge in [0.15, 0.2) is 17.1 Å². The molecule has 0 unspecified atom stereocenters. The van der Waals surface area contributed by atoms with E-state index in [9.17, 15) is 19.1 Å². The van der Waals surface area contributed by atoms with Crippen molar-refractivity contribution in [2.75, 3.05) is 0 Å². The Bertz CT molecular complexity index is 999. The minimum Gasteiger partial charge on any atom is -0.503 e. The Kier molecular flexibility index (Phi) is 4.05. The summed E-state index contributed by atoms with van der Waals surface area (Å²) in [6.45, 7) is 1.72. The monoisotopic (exact) mass is 344 g/mol. The first-order valence-electron chi connectivity index (χ1n) is 7.21. The van der Waals surface area contributed by atoms with Crippen LogP contribution in [0.3, 0.4) is 0 Å². The maximum absolute atomic E-state index is 13.3. The number of carbonyl (C=O) groups is 2. The molecule has 1 aromatic carbocycles. The van der Waals surface area contributed by atoms with Gasteiger partial charge in [-0.15, -0.1) is 0 Å². The Morgan fingerprint density at radius 2 is 2.08 bits per heavy atom. The van der Waals surface area contributed by atoms with Gasteiger partial charge in [0.25, 0.3) is 5.91 Å². The standard InChI is InChI=1S/C16H13FN4O4/c1-8-4-9(2-3-10(8)17)6-18-15(23)12-5-11(16(24)25)20-14-13(22)7-19-21(12)14/h2-5,7,22H,6H2,1H3,(H,18,23)(H,24,25). The molecule has 2 aromatic heterocycles. The zero-order valence-corrected chi connectivity index (χ0v) is 13.0. The van der Waals surface area contributed by atoms with Gasteiger partial charge >= 0.3 is 5.97 Å².